The number of rotatable bonds is 15. The molecular weight excluding hydrogens is 528 g/mol. The average Bonchev–Trinajstić information content (AvgIpc) is 3.50. The van der Waals surface area contributed by atoms with E-state index in [0.29, 0.717) is 41.9 Å². The summed E-state index contributed by atoms with van der Waals surface area (Å²) in [5, 5.41) is 2.59. The van der Waals surface area contributed by atoms with Crippen LogP contribution in [-0.2, 0) is 16.1 Å². The predicted molar refractivity (Wildman–Crippen MR) is 166 cm³/mol. The van der Waals surface area contributed by atoms with Crippen LogP contribution < -0.4 is 10.4 Å². The van der Waals surface area contributed by atoms with Gasteiger partial charge in [0.1, 0.15) is 0 Å². The van der Waals surface area contributed by atoms with Gasteiger partial charge in [-0.25, -0.2) is 20.3 Å². The van der Waals surface area contributed by atoms with E-state index in [4.69, 9.17) is 9.57 Å². The smallest absolute Gasteiger partial charge is 0.278 e. The molecule has 1 saturated carbocycles. The lowest BCUT2D eigenvalue weighted by Gasteiger charge is -2.30. The van der Waals surface area contributed by atoms with E-state index in [0.717, 1.165) is 45.8 Å². The molecule has 226 valence electrons. The van der Waals surface area contributed by atoms with Crippen molar-refractivity contribution >= 4 is 22.6 Å². The third-order valence-corrected chi connectivity index (χ3v) is 8.53. The molecule has 9 heteroatoms. The number of nitrogens with zero attached hydrogens (tertiary/aromatic N) is 5. The first-order chi connectivity index (χ1) is 20.4. The minimum absolute atomic E-state index is 0.356. The molecule has 9 nitrogen and oxygen atoms in total. The van der Waals surface area contributed by atoms with E-state index in [9.17, 15) is 4.79 Å². The maximum absolute atomic E-state index is 12.5. The van der Waals surface area contributed by atoms with E-state index in [2.05, 4.69) is 100 Å². The molecule has 0 radical (unpaired) electrons. The molecule has 1 N–H and O–H groups in total. The second kappa shape index (κ2) is 13.9. The molecule has 2 heterocycles. The molecule has 1 saturated heterocycles. The molecule has 1 aromatic heterocycles. The number of carbonyl (C=O) groups excluding carboxylic acids is 1. The summed E-state index contributed by atoms with van der Waals surface area (Å²) < 4.78 is 5.52. The first kappa shape index (κ1) is 30.4. The zero-order valence-electron chi connectivity index (χ0n) is 25.7. The molecule has 0 bridgehead atoms. The Balaban J connectivity index is 1.17. The monoisotopic (exact) mass is 574 g/mol. The van der Waals surface area contributed by atoms with Crippen molar-refractivity contribution in [3.05, 3.63) is 66.0 Å². The number of fused-ring (bicyclic) bond motifs is 2. The molecule has 2 aromatic carbocycles. The average molecular weight is 575 g/mol. The Morgan fingerprint density at radius 3 is 2.36 bits per heavy atom. The summed E-state index contributed by atoms with van der Waals surface area (Å²) in [4.78, 5) is 34.3. The lowest BCUT2D eigenvalue weighted by atomic mass is 10.1. The van der Waals surface area contributed by atoms with E-state index in [1.54, 1.807) is 19.3 Å². The zero-order valence-corrected chi connectivity index (χ0v) is 25.7. The third-order valence-electron chi connectivity index (χ3n) is 8.53. The van der Waals surface area contributed by atoms with Crippen molar-refractivity contribution in [2.75, 3.05) is 50.8 Å². The fourth-order valence-corrected chi connectivity index (χ4v) is 6.07. The number of anilines is 1. The molecule has 2 aliphatic rings. The molecule has 3 unspecified atom stereocenters. The van der Waals surface area contributed by atoms with Crippen LogP contribution in [0.4, 0.5) is 5.95 Å². The standard InChI is InChI=1S/C33H46N6O3/c1-6-37(7-2)14-15-38(19-25-12-13-26-10-8-9-11-27(26)16-25)31-29-20-39(21-30(29)31)33-34-17-28(18-35-33)32(40)36-42-24(5)41-22-23(3)4/h8-13,16-18,23-24,29-31H,6-7,14-15,19-22H2,1-5H3,(H,36,40). The highest BCUT2D eigenvalue weighted by atomic mass is 16.8. The molecule has 3 aromatic rings. The number of hydroxylamine groups is 1. The quantitative estimate of drug-likeness (QED) is 0.209. The Kier molecular flexibility index (Phi) is 10.1. The van der Waals surface area contributed by atoms with Gasteiger partial charge in [-0.05, 0) is 60.2 Å². The van der Waals surface area contributed by atoms with Gasteiger partial charge in [0, 0.05) is 51.2 Å². The van der Waals surface area contributed by atoms with Crippen LogP contribution in [-0.4, -0.2) is 83.9 Å². The minimum Gasteiger partial charge on any atom is -0.350 e. The van der Waals surface area contributed by atoms with Crippen LogP contribution in [0.3, 0.4) is 0 Å². The molecule has 2 fully saturated rings. The summed E-state index contributed by atoms with van der Waals surface area (Å²) >= 11 is 0. The van der Waals surface area contributed by atoms with Crippen molar-refractivity contribution in [3.8, 4) is 0 Å². The molecule has 42 heavy (non-hydrogen) atoms. The van der Waals surface area contributed by atoms with Gasteiger partial charge in [-0.15, -0.1) is 0 Å². The Hall–Kier alpha value is -3.11. The number of nitrogens with one attached hydrogen (secondary N) is 1. The summed E-state index contributed by atoms with van der Waals surface area (Å²) in [6.45, 7) is 18.1. The Morgan fingerprint density at radius 2 is 1.69 bits per heavy atom. The van der Waals surface area contributed by atoms with Gasteiger partial charge in [0.05, 0.1) is 12.2 Å². The number of hydrogen-bond donors (Lipinski definition) is 1. The maximum Gasteiger partial charge on any atom is 0.278 e. The zero-order chi connectivity index (χ0) is 29.6. The molecule has 1 aliphatic heterocycles. The minimum atomic E-state index is -0.534. The van der Waals surface area contributed by atoms with Gasteiger partial charge in [0.15, 0.2) is 6.29 Å². The van der Waals surface area contributed by atoms with Crippen molar-refractivity contribution in [1.29, 1.82) is 0 Å². The molecule has 3 atom stereocenters. The van der Waals surface area contributed by atoms with Gasteiger partial charge in [-0.3, -0.25) is 9.69 Å². The van der Waals surface area contributed by atoms with Crippen molar-refractivity contribution in [3.63, 3.8) is 0 Å². The van der Waals surface area contributed by atoms with E-state index < -0.39 is 6.29 Å². The second-order valence-electron chi connectivity index (χ2n) is 12.0. The lowest BCUT2D eigenvalue weighted by Crippen LogP contribution is -2.40. The molecular formula is C33H46N6O3. The summed E-state index contributed by atoms with van der Waals surface area (Å²) in [7, 11) is 0. The molecule has 1 aliphatic carbocycles. The number of carbonyl (C=O) groups is 1. The van der Waals surface area contributed by atoms with Crippen LogP contribution >= 0.6 is 0 Å². The van der Waals surface area contributed by atoms with Crippen LogP contribution in [0.5, 0.6) is 0 Å². The number of hydrogen-bond acceptors (Lipinski definition) is 8. The SMILES string of the molecule is CCN(CC)CCN(Cc1ccc2ccccc2c1)C1C2CN(c3ncc(C(=O)NOC(C)OCC(C)C)cn3)CC21. The maximum atomic E-state index is 12.5. The first-order valence-corrected chi connectivity index (χ1v) is 15.4. The van der Waals surface area contributed by atoms with Crippen LogP contribution in [0.2, 0.25) is 0 Å². The van der Waals surface area contributed by atoms with E-state index >= 15 is 0 Å². The van der Waals surface area contributed by atoms with Crippen LogP contribution in [0.25, 0.3) is 10.8 Å². The van der Waals surface area contributed by atoms with Crippen molar-refractivity contribution in [2.45, 2.75) is 53.5 Å². The highest BCUT2D eigenvalue weighted by molar-refractivity contribution is 5.92. The summed E-state index contributed by atoms with van der Waals surface area (Å²) in [5.74, 6) is 1.89. The molecule has 5 rings (SSSR count). The third kappa shape index (κ3) is 7.45. The summed E-state index contributed by atoms with van der Waals surface area (Å²) in [6, 6.07) is 16.0. The number of likely N-dealkylation sites (N-methyl/N-ethyl adjacent to an activating group) is 1. The van der Waals surface area contributed by atoms with Crippen molar-refractivity contribution in [2.24, 2.45) is 17.8 Å². The van der Waals surface area contributed by atoms with Crippen LogP contribution in [0.1, 0.15) is 50.5 Å². The van der Waals surface area contributed by atoms with Gasteiger partial charge in [0.2, 0.25) is 5.95 Å². The Labute approximate surface area is 250 Å². The summed E-state index contributed by atoms with van der Waals surface area (Å²) in [6.07, 6.45) is 2.60. The number of aromatic nitrogens is 2. The number of benzene rings is 2. The van der Waals surface area contributed by atoms with Crippen LogP contribution in [0, 0.1) is 17.8 Å². The lowest BCUT2D eigenvalue weighted by molar-refractivity contribution is -0.163. The van der Waals surface area contributed by atoms with E-state index in [1.807, 2.05) is 0 Å². The Bertz CT molecular complexity index is 1300. The number of ether oxygens (including phenoxy) is 1. The topological polar surface area (TPSA) is 83.1 Å². The highest BCUT2D eigenvalue weighted by Crippen LogP contribution is 2.50. The van der Waals surface area contributed by atoms with E-state index in [-0.39, 0.29) is 5.91 Å². The largest absolute Gasteiger partial charge is 0.350 e. The first-order valence-electron chi connectivity index (χ1n) is 15.4. The highest BCUT2D eigenvalue weighted by Gasteiger charge is 2.58. The van der Waals surface area contributed by atoms with Gasteiger partial charge >= 0.3 is 0 Å². The molecule has 0 spiro atoms. The fourth-order valence-electron chi connectivity index (χ4n) is 6.07. The number of amides is 1. The van der Waals surface area contributed by atoms with Gasteiger partial charge in [-0.1, -0.05) is 64.1 Å². The molecule has 1 amide bonds. The van der Waals surface area contributed by atoms with Gasteiger partial charge < -0.3 is 14.5 Å². The summed E-state index contributed by atoms with van der Waals surface area (Å²) in [5.41, 5.74) is 4.16. The Morgan fingerprint density at radius 1 is 1.00 bits per heavy atom. The van der Waals surface area contributed by atoms with Crippen molar-refractivity contribution in [1.82, 2.24) is 25.2 Å². The predicted octanol–water partition coefficient (Wildman–Crippen LogP) is 4.59. The van der Waals surface area contributed by atoms with Crippen LogP contribution in [0.15, 0.2) is 54.9 Å². The normalized spacial score (nSPS) is 20.5. The van der Waals surface area contributed by atoms with Gasteiger partial charge in [0.25, 0.3) is 5.91 Å². The fraction of sp³-hybridized carbons (Fsp3) is 0.545. The number of piperidine rings is 1. The van der Waals surface area contributed by atoms with Gasteiger partial charge in [-0.2, -0.15) is 0 Å². The van der Waals surface area contributed by atoms with E-state index in [1.165, 1.54) is 16.3 Å². The second-order valence-corrected chi connectivity index (χ2v) is 12.0. The van der Waals surface area contributed by atoms with Crippen molar-refractivity contribution < 1.29 is 14.4 Å².